The van der Waals surface area contributed by atoms with Crippen molar-refractivity contribution in [3.8, 4) is 0 Å². The van der Waals surface area contributed by atoms with E-state index >= 15 is 0 Å². The second kappa shape index (κ2) is 4.26. The molecule has 5 nitrogen and oxygen atoms in total. The zero-order chi connectivity index (χ0) is 12.7. The summed E-state index contributed by atoms with van der Waals surface area (Å²) in [5.74, 6) is -0.0486. The molecule has 3 rings (SSSR count). The normalized spacial score (nSPS) is 31.4. The van der Waals surface area contributed by atoms with Gasteiger partial charge in [0.2, 0.25) is 0 Å². The van der Waals surface area contributed by atoms with Crippen molar-refractivity contribution in [2.75, 3.05) is 12.3 Å². The summed E-state index contributed by atoms with van der Waals surface area (Å²) >= 11 is 0. The molecule has 0 aliphatic carbocycles. The molecular formula is C13H16N2O3. The highest BCUT2D eigenvalue weighted by Gasteiger charge is 2.51. The third kappa shape index (κ3) is 1.85. The van der Waals surface area contributed by atoms with Gasteiger partial charge in [0, 0.05) is 11.6 Å². The van der Waals surface area contributed by atoms with Gasteiger partial charge in [-0.3, -0.25) is 9.63 Å². The van der Waals surface area contributed by atoms with Crippen LogP contribution in [0.3, 0.4) is 0 Å². The Hall–Kier alpha value is -1.59. The van der Waals surface area contributed by atoms with Crippen molar-refractivity contribution in [3.05, 3.63) is 29.8 Å². The predicted molar refractivity (Wildman–Crippen MR) is 65.2 cm³/mol. The first-order valence-corrected chi connectivity index (χ1v) is 6.09. The van der Waals surface area contributed by atoms with Gasteiger partial charge in [-0.05, 0) is 24.6 Å². The van der Waals surface area contributed by atoms with Crippen LogP contribution in [0.2, 0.25) is 0 Å². The lowest BCUT2D eigenvalue weighted by atomic mass is 9.99. The molecule has 18 heavy (non-hydrogen) atoms. The molecule has 1 aromatic carbocycles. The summed E-state index contributed by atoms with van der Waals surface area (Å²) in [4.78, 5) is 17.4. The molecule has 2 heterocycles. The van der Waals surface area contributed by atoms with E-state index in [0.717, 1.165) is 5.56 Å². The van der Waals surface area contributed by atoms with Crippen LogP contribution in [-0.2, 0) is 20.9 Å². The minimum atomic E-state index is -0.276. The number of nitrogen functional groups attached to an aromatic ring is 1. The lowest BCUT2D eigenvalue weighted by molar-refractivity contribution is -0.173. The van der Waals surface area contributed by atoms with E-state index in [9.17, 15) is 4.79 Å². The number of fused-ring (bicyclic) bond motifs is 1. The number of hydrogen-bond donors (Lipinski definition) is 1. The molecule has 0 amide bonds. The van der Waals surface area contributed by atoms with Gasteiger partial charge < -0.3 is 10.5 Å². The standard InChI is InChI=1S/C13H16N2O3/c1-8-11-7-17-15(12(11)13(16)18-8)6-9-3-2-4-10(14)5-9/h2-5,8,11-12H,6-7,14H2,1H3/t8-,11-,12-/m0/s1. The Bertz CT molecular complexity index is 477. The monoisotopic (exact) mass is 248 g/mol. The highest BCUT2D eigenvalue weighted by molar-refractivity contribution is 5.78. The molecule has 5 heteroatoms. The van der Waals surface area contributed by atoms with Gasteiger partial charge in [-0.15, -0.1) is 0 Å². The van der Waals surface area contributed by atoms with Crippen LogP contribution in [0.1, 0.15) is 12.5 Å². The molecule has 0 saturated carbocycles. The smallest absolute Gasteiger partial charge is 0.326 e. The molecule has 3 atom stereocenters. The SMILES string of the molecule is C[C@@H]1OC(=O)[C@@H]2[C@H]1CON2Cc1cccc(N)c1. The maximum atomic E-state index is 11.8. The van der Waals surface area contributed by atoms with E-state index in [1.807, 2.05) is 31.2 Å². The Morgan fingerprint density at radius 3 is 3.11 bits per heavy atom. The number of hydrogen-bond acceptors (Lipinski definition) is 5. The Labute approximate surface area is 105 Å². The summed E-state index contributed by atoms with van der Waals surface area (Å²) in [5.41, 5.74) is 7.48. The van der Waals surface area contributed by atoms with Crippen molar-refractivity contribution >= 4 is 11.7 Å². The average Bonchev–Trinajstić information content (AvgIpc) is 2.83. The highest BCUT2D eigenvalue weighted by Crippen LogP contribution is 2.33. The van der Waals surface area contributed by atoms with Crippen molar-refractivity contribution in [3.63, 3.8) is 0 Å². The Kier molecular flexibility index (Phi) is 2.72. The zero-order valence-corrected chi connectivity index (χ0v) is 10.2. The quantitative estimate of drug-likeness (QED) is 0.623. The Morgan fingerprint density at radius 2 is 2.33 bits per heavy atom. The van der Waals surface area contributed by atoms with Gasteiger partial charge in [0.15, 0.2) is 0 Å². The highest BCUT2D eigenvalue weighted by atomic mass is 16.7. The van der Waals surface area contributed by atoms with E-state index in [-0.39, 0.29) is 24.0 Å². The summed E-state index contributed by atoms with van der Waals surface area (Å²) in [6, 6.07) is 7.31. The van der Waals surface area contributed by atoms with E-state index < -0.39 is 0 Å². The molecule has 0 bridgehead atoms. The van der Waals surface area contributed by atoms with Gasteiger partial charge in [-0.2, -0.15) is 5.06 Å². The minimum Gasteiger partial charge on any atom is -0.461 e. The first-order valence-electron chi connectivity index (χ1n) is 6.09. The molecule has 2 N–H and O–H groups in total. The van der Waals surface area contributed by atoms with E-state index in [1.165, 1.54) is 0 Å². The van der Waals surface area contributed by atoms with Crippen LogP contribution < -0.4 is 5.73 Å². The molecule has 0 aromatic heterocycles. The van der Waals surface area contributed by atoms with Gasteiger partial charge in [-0.1, -0.05) is 12.1 Å². The number of nitrogens with zero attached hydrogens (tertiary/aromatic N) is 1. The number of rotatable bonds is 2. The number of carbonyl (C=O) groups is 1. The van der Waals surface area contributed by atoms with Crippen molar-refractivity contribution in [2.45, 2.75) is 25.6 Å². The van der Waals surface area contributed by atoms with Crippen molar-refractivity contribution in [2.24, 2.45) is 5.92 Å². The molecule has 2 aliphatic rings. The Balaban J connectivity index is 1.76. The third-order valence-electron chi connectivity index (χ3n) is 3.58. The second-order valence-corrected chi connectivity index (χ2v) is 4.87. The molecule has 0 spiro atoms. The van der Waals surface area contributed by atoms with Gasteiger partial charge in [-0.25, -0.2) is 0 Å². The lowest BCUT2D eigenvalue weighted by Gasteiger charge is -2.18. The third-order valence-corrected chi connectivity index (χ3v) is 3.58. The lowest BCUT2D eigenvalue weighted by Crippen LogP contribution is -2.35. The fourth-order valence-electron chi connectivity index (χ4n) is 2.61. The number of benzene rings is 1. The first-order chi connectivity index (χ1) is 8.65. The van der Waals surface area contributed by atoms with E-state index in [4.69, 9.17) is 15.3 Å². The number of anilines is 1. The largest absolute Gasteiger partial charge is 0.461 e. The summed E-state index contributed by atoms with van der Waals surface area (Å²) in [6.45, 7) is 3.00. The number of ether oxygens (including phenoxy) is 1. The molecular weight excluding hydrogens is 232 g/mol. The van der Waals surface area contributed by atoms with Crippen LogP contribution in [0.5, 0.6) is 0 Å². The van der Waals surface area contributed by atoms with Crippen LogP contribution in [0.25, 0.3) is 0 Å². The first kappa shape index (κ1) is 11.5. The zero-order valence-electron chi connectivity index (χ0n) is 10.2. The fraction of sp³-hybridized carbons (Fsp3) is 0.462. The molecule has 0 radical (unpaired) electrons. The van der Waals surface area contributed by atoms with Gasteiger partial charge in [0.1, 0.15) is 12.1 Å². The van der Waals surface area contributed by atoms with Crippen LogP contribution in [0, 0.1) is 5.92 Å². The molecule has 0 unspecified atom stereocenters. The Morgan fingerprint density at radius 1 is 1.50 bits per heavy atom. The maximum Gasteiger partial charge on any atom is 0.326 e. The van der Waals surface area contributed by atoms with Crippen molar-refractivity contribution < 1.29 is 14.4 Å². The number of carbonyl (C=O) groups excluding carboxylic acids is 1. The van der Waals surface area contributed by atoms with Crippen LogP contribution in [0.15, 0.2) is 24.3 Å². The fourth-order valence-corrected chi connectivity index (χ4v) is 2.61. The maximum absolute atomic E-state index is 11.8. The number of cyclic esters (lactones) is 1. The van der Waals surface area contributed by atoms with Gasteiger partial charge >= 0.3 is 5.97 Å². The van der Waals surface area contributed by atoms with Crippen molar-refractivity contribution in [1.29, 1.82) is 0 Å². The second-order valence-electron chi connectivity index (χ2n) is 4.87. The molecule has 2 aliphatic heterocycles. The summed E-state index contributed by atoms with van der Waals surface area (Å²) in [5, 5.41) is 1.71. The molecule has 2 fully saturated rings. The predicted octanol–water partition coefficient (Wildman–Crippen LogP) is 0.946. The number of hydroxylamine groups is 2. The molecule has 96 valence electrons. The number of nitrogens with two attached hydrogens (primary N) is 1. The minimum absolute atomic E-state index is 0.0617. The van der Waals surface area contributed by atoms with Crippen LogP contribution >= 0.6 is 0 Å². The summed E-state index contributed by atoms with van der Waals surface area (Å²) in [6.07, 6.45) is -0.0617. The molecule has 1 aromatic rings. The van der Waals surface area contributed by atoms with Gasteiger partial charge in [0.05, 0.1) is 13.2 Å². The number of esters is 1. The van der Waals surface area contributed by atoms with E-state index in [2.05, 4.69) is 0 Å². The van der Waals surface area contributed by atoms with E-state index in [1.54, 1.807) is 5.06 Å². The van der Waals surface area contributed by atoms with Crippen LogP contribution in [-0.4, -0.2) is 29.8 Å². The topological polar surface area (TPSA) is 64.8 Å². The van der Waals surface area contributed by atoms with Crippen LogP contribution in [0.4, 0.5) is 5.69 Å². The average molecular weight is 248 g/mol. The van der Waals surface area contributed by atoms with Gasteiger partial charge in [0.25, 0.3) is 0 Å². The van der Waals surface area contributed by atoms with Crippen molar-refractivity contribution in [1.82, 2.24) is 5.06 Å². The van der Waals surface area contributed by atoms with E-state index in [0.29, 0.717) is 18.8 Å². The molecule has 2 saturated heterocycles. The summed E-state index contributed by atoms with van der Waals surface area (Å²) < 4.78 is 5.23. The summed E-state index contributed by atoms with van der Waals surface area (Å²) in [7, 11) is 0.